The van der Waals surface area contributed by atoms with Crippen LogP contribution in [0.25, 0.3) is 0 Å². The standard InChI is InChI=1S/C16H25N3O2/c1-10(2)9-18-15(20)12(4)19-16(21)14(17)13-7-5-11(3)6-8-13/h5-8,10,12,14H,9,17H2,1-4H3,(H,18,20)(H,19,21). The topological polar surface area (TPSA) is 84.2 Å². The van der Waals surface area contributed by atoms with Crippen molar-refractivity contribution in [3.8, 4) is 0 Å². The molecule has 116 valence electrons. The number of amides is 2. The van der Waals surface area contributed by atoms with E-state index in [9.17, 15) is 9.59 Å². The van der Waals surface area contributed by atoms with Crippen molar-refractivity contribution in [1.82, 2.24) is 10.6 Å². The Bertz CT molecular complexity index is 483. The lowest BCUT2D eigenvalue weighted by Gasteiger charge is -2.18. The van der Waals surface area contributed by atoms with Gasteiger partial charge in [-0.05, 0) is 25.3 Å². The predicted molar refractivity (Wildman–Crippen MR) is 83.6 cm³/mol. The monoisotopic (exact) mass is 291 g/mol. The van der Waals surface area contributed by atoms with Crippen LogP contribution in [-0.2, 0) is 9.59 Å². The number of nitrogens with two attached hydrogens (primary N) is 1. The fourth-order valence-corrected chi connectivity index (χ4v) is 1.75. The summed E-state index contributed by atoms with van der Waals surface area (Å²) in [6, 6.07) is 6.08. The molecule has 1 rings (SSSR count). The Balaban J connectivity index is 2.55. The Labute approximate surface area is 126 Å². The summed E-state index contributed by atoms with van der Waals surface area (Å²) in [4.78, 5) is 23.9. The largest absolute Gasteiger partial charge is 0.354 e. The first-order valence-corrected chi connectivity index (χ1v) is 7.21. The molecular formula is C16H25N3O2. The molecule has 2 unspecified atom stereocenters. The minimum absolute atomic E-state index is 0.201. The molecule has 0 heterocycles. The van der Waals surface area contributed by atoms with E-state index in [0.29, 0.717) is 12.5 Å². The third-order valence-electron chi connectivity index (χ3n) is 3.16. The van der Waals surface area contributed by atoms with Crippen LogP contribution < -0.4 is 16.4 Å². The molecule has 4 N–H and O–H groups in total. The van der Waals surface area contributed by atoms with Gasteiger partial charge >= 0.3 is 0 Å². The molecule has 0 aliphatic heterocycles. The molecule has 0 saturated heterocycles. The maximum atomic E-state index is 12.1. The maximum Gasteiger partial charge on any atom is 0.242 e. The summed E-state index contributed by atoms with van der Waals surface area (Å²) in [5, 5.41) is 5.42. The molecule has 0 saturated carbocycles. The van der Waals surface area contributed by atoms with E-state index in [-0.39, 0.29) is 11.8 Å². The molecule has 0 fully saturated rings. The molecule has 0 radical (unpaired) electrons. The van der Waals surface area contributed by atoms with Crippen LogP contribution in [0.5, 0.6) is 0 Å². The summed E-state index contributed by atoms with van der Waals surface area (Å²) < 4.78 is 0. The normalized spacial score (nSPS) is 13.6. The highest BCUT2D eigenvalue weighted by atomic mass is 16.2. The zero-order valence-electron chi connectivity index (χ0n) is 13.1. The fourth-order valence-electron chi connectivity index (χ4n) is 1.75. The van der Waals surface area contributed by atoms with Crippen LogP contribution in [0.1, 0.15) is 37.9 Å². The predicted octanol–water partition coefficient (Wildman–Crippen LogP) is 1.27. The highest BCUT2D eigenvalue weighted by Crippen LogP contribution is 2.11. The van der Waals surface area contributed by atoms with Gasteiger partial charge in [0.15, 0.2) is 0 Å². The van der Waals surface area contributed by atoms with Gasteiger partial charge in [0.2, 0.25) is 11.8 Å². The van der Waals surface area contributed by atoms with Gasteiger partial charge in [-0.3, -0.25) is 9.59 Å². The molecule has 1 aromatic rings. The molecule has 5 nitrogen and oxygen atoms in total. The zero-order valence-corrected chi connectivity index (χ0v) is 13.1. The second-order valence-corrected chi connectivity index (χ2v) is 5.76. The van der Waals surface area contributed by atoms with Crippen LogP contribution in [0.15, 0.2) is 24.3 Å². The van der Waals surface area contributed by atoms with E-state index in [0.717, 1.165) is 11.1 Å². The summed E-state index contributed by atoms with van der Waals surface area (Å²) in [5.41, 5.74) is 7.75. The number of carbonyl (C=O) groups excluding carboxylic acids is 2. The lowest BCUT2D eigenvalue weighted by atomic mass is 10.0. The fraction of sp³-hybridized carbons (Fsp3) is 0.500. The average molecular weight is 291 g/mol. The third-order valence-corrected chi connectivity index (χ3v) is 3.16. The van der Waals surface area contributed by atoms with Crippen molar-refractivity contribution in [2.24, 2.45) is 11.7 Å². The number of hydrogen-bond acceptors (Lipinski definition) is 3. The first-order valence-electron chi connectivity index (χ1n) is 7.21. The maximum absolute atomic E-state index is 12.1. The van der Waals surface area contributed by atoms with Crippen molar-refractivity contribution in [1.29, 1.82) is 0 Å². The van der Waals surface area contributed by atoms with Gasteiger partial charge < -0.3 is 16.4 Å². The van der Waals surface area contributed by atoms with Crippen LogP contribution in [0.2, 0.25) is 0 Å². The van der Waals surface area contributed by atoms with Gasteiger partial charge in [0, 0.05) is 6.54 Å². The second-order valence-electron chi connectivity index (χ2n) is 5.76. The molecule has 2 amide bonds. The van der Waals surface area contributed by atoms with Gasteiger partial charge in [-0.15, -0.1) is 0 Å². The highest BCUT2D eigenvalue weighted by molar-refractivity contribution is 5.89. The Kier molecular flexibility index (Phi) is 6.37. The Morgan fingerprint density at radius 3 is 2.19 bits per heavy atom. The third kappa shape index (κ3) is 5.55. The van der Waals surface area contributed by atoms with Crippen molar-refractivity contribution in [2.45, 2.75) is 39.8 Å². The van der Waals surface area contributed by atoms with Crippen molar-refractivity contribution >= 4 is 11.8 Å². The minimum Gasteiger partial charge on any atom is -0.354 e. The quantitative estimate of drug-likeness (QED) is 0.738. The molecule has 0 aromatic heterocycles. The van der Waals surface area contributed by atoms with Gasteiger partial charge in [-0.2, -0.15) is 0 Å². The molecule has 0 aliphatic carbocycles. The van der Waals surface area contributed by atoms with Crippen molar-refractivity contribution < 1.29 is 9.59 Å². The molecule has 1 aromatic carbocycles. The molecule has 2 atom stereocenters. The van der Waals surface area contributed by atoms with Gasteiger partial charge in [0.25, 0.3) is 0 Å². The number of nitrogens with one attached hydrogen (secondary N) is 2. The molecule has 0 bridgehead atoms. The number of rotatable bonds is 6. The number of benzene rings is 1. The summed E-state index contributed by atoms with van der Waals surface area (Å²) in [7, 11) is 0. The smallest absolute Gasteiger partial charge is 0.242 e. The van der Waals surface area contributed by atoms with Gasteiger partial charge in [0.05, 0.1) is 0 Å². The SMILES string of the molecule is Cc1ccc(C(N)C(=O)NC(C)C(=O)NCC(C)C)cc1. The van der Waals surface area contributed by atoms with E-state index in [1.807, 2.05) is 45.0 Å². The van der Waals surface area contributed by atoms with E-state index in [2.05, 4.69) is 10.6 Å². The lowest BCUT2D eigenvalue weighted by Crippen LogP contribution is -2.48. The van der Waals surface area contributed by atoms with Crippen LogP contribution >= 0.6 is 0 Å². The molecule has 0 aliphatic rings. The van der Waals surface area contributed by atoms with E-state index < -0.39 is 12.1 Å². The number of aryl methyl sites for hydroxylation is 1. The lowest BCUT2D eigenvalue weighted by molar-refractivity contribution is -0.129. The van der Waals surface area contributed by atoms with E-state index in [1.165, 1.54) is 0 Å². The molecule has 21 heavy (non-hydrogen) atoms. The Morgan fingerprint density at radius 1 is 1.10 bits per heavy atom. The van der Waals surface area contributed by atoms with Crippen molar-refractivity contribution in [3.63, 3.8) is 0 Å². The van der Waals surface area contributed by atoms with Gasteiger partial charge in [-0.1, -0.05) is 43.7 Å². The number of carbonyl (C=O) groups is 2. The number of hydrogen-bond donors (Lipinski definition) is 3. The molecule has 5 heteroatoms. The average Bonchev–Trinajstić information content (AvgIpc) is 2.44. The van der Waals surface area contributed by atoms with E-state index in [4.69, 9.17) is 5.73 Å². The summed E-state index contributed by atoms with van der Waals surface area (Å²) >= 11 is 0. The van der Waals surface area contributed by atoms with Crippen LogP contribution in [0.3, 0.4) is 0 Å². The van der Waals surface area contributed by atoms with E-state index in [1.54, 1.807) is 6.92 Å². The second kappa shape index (κ2) is 7.78. The van der Waals surface area contributed by atoms with Crippen molar-refractivity contribution in [3.05, 3.63) is 35.4 Å². The highest BCUT2D eigenvalue weighted by Gasteiger charge is 2.21. The van der Waals surface area contributed by atoms with Crippen LogP contribution in [-0.4, -0.2) is 24.4 Å². The molecule has 0 spiro atoms. The first-order chi connectivity index (χ1) is 9.81. The molecular weight excluding hydrogens is 266 g/mol. The summed E-state index contributed by atoms with van der Waals surface area (Å²) in [6.45, 7) is 8.22. The first kappa shape index (κ1) is 17.2. The minimum atomic E-state index is -0.772. The zero-order chi connectivity index (χ0) is 16.0. The summed E-state index contributed by atoms with van der Waals surface area (Å²) in [6.07, 6.45) is 0. The van der Waals surface area contributed by atoms with Gasteiger partial charge in [0.1, 0.15) is 12.1 Å². The Hall–Kier alpha value is -1.88. The van der Waals surface area contributed by atoms with Crippen LogP contribution in [0, 0.1) is 12.8 Å². The summed E-state index contributed by atoms with van der Waals surface area (Å²) in [5.74, 6) is -0.189. The van der Waals surface area contributed by atoms with Gasteiger partial charge in [-0.25, -0.2) is 0 Å². The van der Waals surface area contributed by atoms with E-state index >= 15 is 0 Å². The van der Waals surface area contributed by atoms with Crippen molar-refractivity contribution in [2.75, 3.05) is 6.54 Å². The Morgan fingerprint density at radius 2 is 1.67 bits per heavy atom. The van der Waals surface area contributed by atoms with Crippen LogP contribution in [0.4, 0.5) is 0 Å².